The van der Waals surface area contributed by atoms with E-state index in [-0.39, 0.29) is 5.91 Å². The number of carbonyl (C=O) groups excluding carboxylic acids is 1. The van der Waals surface area contributed by atoms with Crippen molar-refractivity contribution in [2.24, 2.45) is 0 Å². The maximum atomic E-state index is 10.5. The molecule has 0 aliphatic rings. The molecule has 0 heterocycles. The summed E-state index contributed by atoms with van der Waals surface area (Å²) in [4.78, 5) is 10.5. The average Bonchev–Trinajstić information content (AvgIpc) is 1.87. The van der Waals surface area contributed by atoms with Crippen LogP contribution in [0.15, 0.2) is 0 Å². The Bertz CT molecular complexity index is 132. The van der Waals surface area contributed by atoms with Gasteiger partial charge in [0.05, 0.1) is 33.7 Å². The number of hydrogen-bond donors (Lipinski definition) is 1. The average molecular weight is 159 g/mol. The maximum absolute atomic E-state index is 10.5. The van der Waals surface area contributed by atoms with E-state index in [1.165, 1.54) is 0 Å². The predicted molar refractivity (Wildman–Crippen MR) is 46.2 cm³/mol. The molecule has 0 saturated carbocycles. The molecule has 0 rings (SSSR count). The van der Waals surface area contributed by atoms with Gasteiger partial charge in [-0.2, -0.15) is 0 Å². The Labute approximate surface area is 69.0 Å². The second-order valence-electron chi connectivity index (χ2n) is 3.46. The second kappa shape index (κ2) is 4.34. The normalized spacial score (nSPS) is 11.3. The van der Waals surface area contributed by atoms with E-state index in [9.17, 15) is 4.79 Å². The summed E-state index contributed by atoms with van der Waals surface area (Å²) in [5, 5.41) is 2.78. The molecule has 11 heavy (non-hydrogen) atoms. The Morgan fingerprint density at radius 3 is 2.36 bits per heavy atom. The van der Waals surface area contributed by atoms with Gasteiger partial charge in [-0.3, -0.25) is 4.79 Å². The van der Waals surface area contributed by atoms with Crippen molar-refractivity contribution < 1.29 is 9.28 Å². The van der Waals surface area contributed by atoms with Crippen molar-refractivity contribution in [3.05, 3.63) is 0 Å². The Balaban J connectivity index is 3.45. The standard InChI is InChI=1S/C8H18N2O/c1-5-10(3,4)7-6-9-8(2)11/h5-7H2,1-4H3/p+1. The number of nitrogens with one attached hydrogen (secondary N) is 1. The van der Waals surface area contributed by atoms with Crippen molar-refractivity contribution in [3.63, 3.8) is 0 Å². The number of nitrogens with zero attached hydrogens (tertiary/aromatic N) is 1. The number of amides is 1. The molecular weight excluding hydrogens is 140 g/mol. The highest BCUT2D eigenvalue weighted by Gasteiger charge is 2.10. The van der Waals surface area contributed by atoms with Gasteiger partial charge in [0, 0.05) is 6.92 Å². The first-order valence-corrected chi connectivity index (χ1v) is 4.04. The van der Waals surface area contributed by atoms with Gasteiger partial charge in [0.25, 0.3) is 0 Å². The van der Waals surface area contributed by atoms with Crippen LogP contribution in [-0.2, 0) is 4.79 Å². The smallest absolute Gasteiger partial charge is 0.217 e. The zero-order valence-electron chi connectivity index (χ0n) is 7.98. The minimum atomic E-state index is 0.0566. The van der Waals surface area contributed by atoms with Gasteiger partial charge in [0.2, 0.25) is 5.91 Å². The molecule has 0 aromatic carbocycles. The van der Waals surface area contributed by atoms with Crippen molar-refractivity contribution in [3.8, 4) is 0 Å². The van der Waals surface area contributed by atoms with Crippen LogP contribution in [0.25, 0.3) is 0 Å². The molecule has 0 bridgehead atoms. The molecule has 0 radical (unpaired) electrons. The lowest BCUT2D eigenvalue weighted by Gasteiger charge is -2.27. The van der Waals surface area contributed by atoms with Gasteiger partial charge >= 0.3 is 0 Å². The third kappa shape index (κ3) is 5.85. The summed E-state index contributed by atoms with van der Waals surface area (Å²) in [5.74, 6) is 0.0566. The molecule has 0 unspecified atom stereocenters. The van der Waals surface area contributed by atoms with E-state index < -0.39 is 0 Å². The second-order valence-corrected chi connectivity index (χ2v) is 3.46. The minimum Gasteiger partial charge on any atom is -0.351 e. The lowest BCUT2D eigenvalue weighted by atomic mass is 10.4. The number of likely N-dealkylation sites (N-methyl/N-ethyl adjacent to an activating group) is 1. The highest BCUT2D eigenvalue weighted by atomic mass is 16.1. The van der Waals surface area contributed by atoms with Crippen LogP contribution in [0.4, 0.5) is 0 Å². The van der Waals surface area contributed by atoms with Crippen LogP contribution in [-0.4, -0.2) is 44.1 Å². The fourth-order valence-corrected chi connectivity index (χ4v) is 0.693. The molecule has 3 heteroatoms. The summed E-state index contributed by atoms with van der Waals surface area (Å²) in [6.07, 6.45) is 0. The summed E-state index contributed by atoms with van der Waals surface area (Å²) in [5.41, 5.74) is 0. The van der Waals surface area contributed by atoms with Gasteiger partial charge in [0.15, 0.2) is 0 Å². The number of rotatable bonds is 4. The molecule has 66 valence electrons. The van der Waals surface area contributed by atoms with E-state index in [0.29, 0.717) is 0 Å². The molecule has 0 atom stereocenters. The van der Waals surface area contributed by atoms with Crippen LogP contribution < -0.4 is 5.32 Å². The summed E-state index contributed by atoms with van der Waals surface area (Å²) in [6.45, 7) is 6.56. The first-order valence-electron chi connectivity index (χ1n) is 4.04. The fraction of sp³-hybridized carbons (Fsp3) is 0.875. The molecule has 0 saturated heterocycles. The van der Waals surface area contributed by atoms with Gasteiger partial charge < -0.3 is 9.80 Å². The van der Waals surface area contributed by atoms with Gasteiger partial charge in [-0.1, -0.05) is 0 Å². The zero-order valence-corrected chi connectivity index (χ0v) is 7.98. The van der Waals surface area contributed by atoms with Crippen LogP contribution in [0.2, 0.25) is 0 Å². The van der Waals surface area contributed by atoms with Gasteiger partial charge in [-0.25, -0.2) is 0 Å². The summed E-state index contributed by atoms with van der Waals surface area (Å²) < 4.78 is 0.959. The van der Waals surface area contributed by atoms with Crippen LogP contribution in [0, 0.1) is 0 Å². The third-order valence-corrected chi connectivity index (χ3v) is 1.95. The van der Waals surface area contributed by atoms with Gasteiger partial charge in [-0.15, -0.1) is 0 Å². The highest BCUT2D eigenvalue weighted by Crippen LogP contribution is 1.92. The molecule has 0 aliphatic carbocycles. The number of hydrogen-bond acceptors (Lipinski definition) is 1. The van der Waals surface area contributed by atoms with Crippen molar-refractivity contribution in [1.29, 1.82) is 0 Å². The lowest BCUT2D eigenvalue weighted by Crippen LogP contribution is -2.44. The monoisotopic (exact) mass is 159 g/mol. The number of quaternary nitrogens is 1. The van der Waals surface area contributed by atoms with E-state index in [0.717, 1.165) is 24.1 Å². The van der Waals surface area contributed by atoms with E-state index in [2.05, 4.69) is 26.3 Å². The molecule has 1 N–H and O–H groups in total. The van der Waals surface area contributed by atoms with Gasteiger partial charge in [-0.05, 0) is 6.92 Å². The number of carbonyl (C=O) groups is 1. The van der Waals surface area contributed by atoms with Crippen LogP contribution in [0.1, 0.15) is 13.8 Å². The molecule has 0 aromatic rings. The Morgan fingerprint density at radius 1 is 1.45 bits per heavy atom. The predicted octanol–water partition coefficient (Wildman–Crippen LogP) is 0.219. The molecule has 0 spiro atoms. The Kier molecular flexibility index (Phi) is 4.11. The van der Waals surface area contributed by atoms with Crippen molar-refractivity contribution in [2.75, 3.05) is 33.7 Å². The van der Waals surface area contributed by atoms with Crippen LogP contribution >= 0.6 is 0 Å². The first-order chi connectivity index (χ1) is 4.98. The van der Waals surface area contributed by atoms with Crippen LogP contribution in [0.5, 0.6) is 0 Å². The van der Waals surface area contributed by atoms with E-state index in [1.807, 2.05) is 0 Å². The molecule has 0 fully saturated rings. The maximum Gasteiger partial charge on any atom is 0.217 e. The third-order valence-electron chi connectivity index (χ3n) is 1.95. The zero-order chi connectivity index (χ0) is 8.91. The van der Waals surface area contributed by atoms with Gasteiger partial charge in [0.1, 0.15) is 0 Å². The summed E-state index contributed by atoms with van der Waals surface area (Å²) in [6, 6.07) is 0. The topological polar surface area (TPSA) is 29.1 Å². The molecule has 3 nitrogen and oxygen atoms in total. The minimum absolute atomic E-state index is 0.0566. The Morgan fingerprint density at radius 2 is 2.00 bits per heavy atom. The van der Waals surface area contributed by atoms with Crippen molar-refractivity contribution in [2.45, 2.75) is 13.8 Å². The van der Waals surface area contributed by atoms with E-state index in [4.69, 9.17) is 0 Å². The largest absolute Gasteiger partial charge is 0.351 e. The quantitative estimate of drug-likeness (QED) is 0.584. The summed E-state index contributed by atoms with van der Waals surface area (Å²) in [7, 11) is 4.31. The van der Waals surface area contributed by atoms with E-state index in [1.54, 1.807) is 6.92 Å². The van der Waals surface area contributed by atoms with E-state index >= 15 is 0 Å². The van der Waals surface area contributed by atoms with Crippen LogP contribution in [0.3, 0.4) is 0 Å². The highest BCUT2D eigenvalue weighted by molar-refractivity contribution is 5.72. The fourth-order valence-electron chi connectivity index (χ4n) is 0.693. The SMILES string of the molecule is CC[N+](C)(C)CCNC(C)=O. The van der Waals surface area contributed by atoms with Crippen molar-refractivity contribution in [1.82, 2.24) is 5.32 Å². The summed E-state index contributed by atoms with van der Waals surface area (Å²) >= 11 is 0. The molecule has 0 aliphatic heterocycles. The lowest BCUT2D eigenvalue weighted by molar-refractivity contribution is -0.887. The molecule has 1 amide bonds. The Hall–Kier alpha value is -0.570. The van der Waals surface area contributed by atoms with Crippen molar-refractivity contribution >= 4 is 5.91 Å². The molecular formula is C8H19N2O+. The molecule has 0 aromatic heterocycles. The first kappa shape index (κ1) is 10.4.